The van der Waals surface area contributed by atoms with Crippen LogP contribution in [0.15, 0.2) is 43.0 Å². The van der Waals surface area contributed by atoms with Gasteiger partial charge in [0.05, 0.1) is 0 Å². The van der Waals surface area contributed by atoms with Gasteiger partial charge in [-0.3, -0.25) is 0 Å². The second kappa shape index (κ2) is 4.84. The van der Waals surface area contributed by atoms with E-state index in [1.807, 2.05) is 30.3 Å². The second-order valence-corrected chi connectivity index (χ2v) is 3.77. The molecule has 16 heavy (non-hydrogen) atoms. The van der Waals surface area contributed by atoms with Crippen LogP contribution < -0.4 is 0 Å². The van der Waals surface area contributed by atoms with E-state index in [9.17, 15) is 4.79 Å². The molecule has 1 fully saturated rings. The molecular formula is C13H14O3. The van der Waals surface area contributed by atoms with Crippen molar-refractivity contribution in [2.24, 2.45) is 0 Å². The Morgan fingerprint density at radius 3 is 2.75 bits per heavy atom. The summed E-state index contributed by atoms with van der Waals surface area (Å²) in [6.45, 7) is 3.65. The van der Waals surface area contributed by atoms with Gasteiger partial charge in [-0.05, 0) is 5.56 Å². The van der Waals surface area contributed by atoms with Crippen LogP contribution in [0.3, 0.4) is 0 Å². The van der Waals surface area contributed by atoms with Gasteiger partial charge in [0, 0.05) is 12.8 Å². The number of hydrogen-bond donors (Lipinski definition) is 0. The first-order valence-electron chi connectivity index (χ1n) is 5.32. The largest absolute Gasteiger partial charge is 0.509 e. The molecule has 0 amide bonds. The third-order valence-electron chi connectivity index (χ3n) is 2.58. The van der Waals surface area contributed by atoms with Crippen LogP contribution in [0.4, 0.5) is 4.79 Å². The van der Waals surface area contributed by atoms with Gasteiger partial charge in [0.1, 0.15) is 12.2 Å². The van der Waals surface area contributed by atoms with Crippen molar-refractivity contribution in [2.75, 3.05) is 0 Å². The van der Waals surface area contributed by atoms with Crippen LogP contribution in [0.1, 0.15) is 24.5 Å². The smallest absolute Gasteiger partial charge is 0.430 e. The van der Waals surface area contributed by atoms with E-state index in [4.69, 9.17) is 9.47 Å². The molecule has 2 atom stereocenters. The maximum Gasteiger partial charge on any atom is 0.509 e. The first kappa shape index (κ1) is 10.7. The summed E-state index contributed by atoms with van der Waals surface area (Å²) in [5, 5.41) is 0. The highest BCUT2D eigenvalue weighted by Crippen LogP contribution is 2.29. The van der Waals surface area contributed by atoms with Crippen molar-refractivity contribution >= 4 is 6.16 Å². The van der Waals surface area contributed by atoms with Crippen LogP contribution in [0.25, 0.3) is 0 Å². The molecule has 1 saturated heterocycles. The van der Waals surface area contributed by atoms with Gasteiger partial charge in [0.25, 0.3) is 0 Å². The van der Waals surface area contributed by atoms with Gasteiger partial charge in [-0.15, -0.1) is 6.58 Å². The second-order valence-electron chi connectivity index (χ2n) is 3.77. The lowest BCUT2D eigenvalue weighted by Crippen LogP contribution is -2.29. The quantitative estimate of drug-likeness (QED) is 0.577. The summed E-state index contributed by atoms with van der Waals surface area (Å²) in [4.78, 5) is 11.3. The molecule has 0 spiro atoms. The summed E-state index contributed by atoms with van der Waals surface area (Å²) in [7, 11) is 0. The van der Waals surface area contributed by atoms with Gasteiger partial charge in [0.15, 0.2) is 0 Å². The fraction of sp³-hybridized carbons (Fsp3) is 0.308. The van der Waals surface area contributed by atoms with Crippen LogP contribution in [-0.2, 0) is 9.47 Å². The minimum Gasteiger partial charge on any atom is -0.430 e. The molecular weight excluding hydrogens is 204 g/mol. The molecule has 2 rings (SSSR count). The summed E-state index contributed by atoms with van der Waals surface area (Å²) in [5.41, 5.74) is 1.01. The van der Waals surface area contributed by atoms with Crippen molar-refractivity contribution in [2.45, 2.75) is 25.0 Å². The lowest BCUT2D eigenvalue weighted by molar-refractivity contribution is -0.0599. The molecule has 2 unspecified atom stereocenters. The SMILES string of the molecule is C=CCC1CC(c2ccccc2)OC(=O)O1. The van der Waals surface area contributed by atoms with E-state index in [0.717, 1.165) is 5.56 Å². The predicted molar refractivity (Wildman–Crippen MR) is 60.0 cm³/mol. The summed E-state index contributed by atoms with van der Waals surface area (Å²) in [6, 6.07) is 9.70. The minimum absolute atomic E-state index is 0.121. The molecule has 0 saturated carbocycles. The molecule has 84 valence electrons. The zero-order chi connectivity index (χ0) is 11.4. The first-order chi connectivity index (χ1) is 7.79. The van der Waals surface area contributed by atoms with Gasteiger partial charge >= 0.3 is 6.16 Å². The Morgan fingerprint density at radius 2 is 2.06 bits per heavy atom. The topological polar surface area (TPSA) is 35.5 Å². The van der Waals surface area contributed by atoms with Crippen molar-refractivity contribution in [3.8, 4) is 0 Å². The van der Waals surface area contributed by atoms with Crippen LogP contribution in [0.2, 0.25) is 0 Å². The van der Waals surface area contributed by atoms with Crippen molar-refractivity contribution in [1.29, 1.82) is 0 Å². The van der Waals surface area contributed by atoms with E-state index in [0.29, 0.717) is 12.8 Å². The molecule has 0 aromatic heterocycles. The van der Waals surface area contributed by atoms with Gasteiger partial charge < -0.3 is 9.47 Å². The summed E-state index contributed by atoms with van der Waals surface area (Å²) >= 11 is 0. The first-order valence-corrected chi connectivity index (χ1v) is 5.32. The van der Waals surface area contributed by atoms with E-state index < -0.39 is 6.16 Å². The molecule has 1 aromatic carbocycles. The summed E-state index contributed by atoms with van der Waals surface area (Å²) in [6.07, 6.45) is 2.19. The lowest BCUT2D eigenvalue weighted by atomic mass is 10.0. The zero-order valence-corrected chi connectivity index (χ0v) is 8.96. The molecule has 0 N–H and O–H groups in total. The minimum atomic E-state index is -0.591. The molecule has 3 nitrogen and oxygen atoms in total. The van der Waals surface area contributed by atoms with Gasteiger partial charge in [-0.2, -0.15) is 0 Å². The van der Waals surface area contributed by atoms with E-state index in [2.05, 4.69) is 6.58 Å². The number of hydrogen-bond acceptors (Lipinski definition) is 3. The Labute approximate surface area is 94.7 Å². The Morgan fingerprint density at radius 1 is 1.31 bits per heavy atom. The Hall–Kier alpha value is -1.77. The number of rotatable bonds is 3. The highest BCUT2D eigenvalue weighted by molar-refractivity contribution is 5.61. The summed E-state index contributed by atoms with van der Waals surface area (Å²) in [5.74, 6) is 0. The number of carbonyl (C=O) groups is 1. The molecule has 1 aliphatic rings. The predicted octanol–water partition coefficient (Wildman–Crippen LogP) is 3.23. The fourth-order valence-corrected chi connectivity index (χ4v) is 1.82. The van der Waals surface area contributed by atoms with Crippen LogP contribution in [-0.4, -0.2) is 12.3 Å². The van der Waals surface area contributed by atoms with E-state index in [1.54, 1.807) is 6.08 Å². The van der Waals surface area contributed by atoms with Gasteiger partial charge in [-0.25, -0.2) is 4.79 Å². The third kappa shape index (κ3) is 2.42. The van der Waals surface area contributed by atoms with Crippen molar-refractivity contribution in [3.05, 3.63) is 48.6 Å². The Balaban J connectivity index is 2.10. The third-order valence-corrected chi connectivity index (χ3v) is 2.58. The molecule has 3 heteroatoms. The maximum atomic E-state index is 11.3. The van der Waals surface area contributed by atoms with Gasteiger partial charge in [0.2, 0.25) is 0 Å². The Bertz CT molecular complexity index is 372. The number of carbonyl (C=O) groups excluding carboxylic acids is 1. The van der Waals surface area contributed by atoms with E-state index >= 15 is 0 Å². The number of benzene rings is 1. The Kier molecular flexibility index (Phi) is 3.25. The summed E-state index contributed by atoms with van der Waals surface area (Å²) < 4.78 is 10.2. The van der Waals surface area contributed by atoms with Crippen molar-refractivity contribution < 1.29 is 14.3 Å². The van der Waals surface area contributed by atoms with E-state index in [-0.39, 0.29) is 12.2 Å². The number of ether oxygens (including phenoxy) is 2. The van der Waals surface area contributed by atoms with Crippen molar-refractivity contribution in [3.63, 3.8) is 0 Å². The highest BCUT2D eigenvalue weighted by atomic mass is 16.7. The fourth-order valence-electron chi connectivity index (χ4n) is 1.82. The molecule has 0 bridgehead atoms. The highest BCUT2D eigenvalue weighted by Gasteiger charge is 2.29. The van der Waals surface area contributed by atoms with Crippen LogP contribution in [0.5, 0.6) is 0 Å². The van der Waals surface area contributed by atoms with Crippen LogP contribution >= 0.6 is 0 Å². The molecule has 1 aromatic rings. The standard InChI is InChI=1S/C13H14O3/c1-2-6-11-9-12(16-13(14)15-11)10-7-4-3-5-8-10/h2-5,7-8,11-12H,1,6,9H2. The lowest BCUT2D eigenvalue weighted by Gasteiger charge is -2.28. The molecule has 1 aliphatic heterocycles. The van der Waals surface area contributed by atoms with Crippen LogP contribution in [0, 0.1) is 0 Å². The zero-order valence-electron chi connectivity index (χ0n) is 8.96. The monoisotopic (exact) mass is 218 g/mol. The van der Waals surface area contributed by atoms with Crippen molar-refractivity contribution in [1.82, 2.24) is 0 Å². The average molecular weight is 218 g/mol. The molecule has 0 aliphatic carbocycles. The number of cyclic esters (lactones) is 2. The normalized spacial score (nSPS) is 24.4. The van der Waals surface area contributed by atoms with Gasteiger partial charge in [-0.1, -0.05) is 36.4 Å². The maximum absolute atomic E-state index is 11.3. The molecule has 1 heterocycles. The average Bonchev–Trinajstić information content (AvgIpc) is 2.30. The molecule has 0 radical (unpaired) electrons. The van der Waals surface area contributed by atoms with E-state index in [1.165, 1.54) is 0 Å².